The van der Waals surface area contributed by atoms with Crippen molar-refractivity contribution >= 4 is 15.9 Å². The molecule has 1 aliphatic rings. The molecule has 0 bridgehead atoms. The van der Waals surface area contributed by atoms with E-state index < -0.39 is 10.0 Å². The molecule has 0 radical (unpaired) electrons. The molecule has 0 aromatic heterocycles. The zero-order chi connectivity index (χ0) is 19.9. The Bertz CT molecular complexity index is 728. The molecular weight excluding hydrogens is 368 g/mol. The van der Waals surface area contributed by atoms with Crippen molar-refractivity contribution in [2.45, 2.75) is 32.6 Å². The van der Waals surface area contributed by atoms with Crippen molar-refractivity contribution in [3.63, 3.8) is 0 Å². The minimum atomic E-state index is -3.12. The first kappa shape index (κ1) is 21.5. The summed E-state index contributed by atoms with van der Waals surface area (Å²) in [6.45, 7) is 4.27. The Morgan fingerprint density at radius 3 is 2.56 bits per heavy atom. The van der Waals surface area contributed by atoms with E-state index in [2.05, 4.69) is 12.2 Å². The normalized spacial score (nSPS) is 16.1. The Labute approximate surface area is 162 Å². The largest absolute Gasteiger partial charge is 0.493 e. The number of rotatable bonds is 9. The van der Waals surface area contributed by atoms with E-state index in [1.54, 1.807) is 25.3 Å². The second kappa shape index (κ2) is 9.94. The summed E-state index contributed by atoms with van der Waals surface area (Å²) >= 11 is 0. The highest BCUT2D eigenvalue weighted by atomic mass is 32.2. The Balaban J connectivity index is 1.87. The molecule has 0 unspecified atom stereocenters. The van der Waals surface area contributed by atoms with Crippen LogP contribution in [0, 0.1) is 5.92 Å². The van der Waals surface area contributed by atoms with Gasteiger partial charge in [0.25, 0.3) is 5.91 Å². The quantitative estimate of drug-likeness (QED) is 0.645. The van der Waals surface area contributed by atoms with Crippen LogP contribution in [0.1, 0.15) is 43.0 Å². The van der Waals surface area contributed by atoms with E-state index in [4.69, 9.17) is 9.47 Å². The maximum Gasteiger partial charge on any atom is 0.251 e. The molecule has 1 aliphatic heterocycles. The van der Waals surface area contributed by atoms with Crippen LogP contribution in [-0.2, 0) is 10.0 Å². The number of hydrogen-bond acceptors (Lipinski definition) is 5. The van der Waals surface area contributed by atoms with Crippen LogP contribution < -0.4 is 14.8 Å². The van der Waals surface area contributed by atoms with Gasteiger partial charge in [-0.2, -0.15) is 0 Å². The fourth-order valence-electron chi connectivity index (χ4n) is 3.04. The number of carbonyl (C=O) groups excluding carboxylic acids is 1. The molecular formula is C19H30N2O5S. The fourth-order valence-corrected chi connectivity index (χ4v) is 3.91. The lowest BCUT2D eigenvalue weighted by atomic mass is 9.98. The third kappa shape index (κ3) is 6.39. The van der Waals surface area contributed by atoms with E-state index in [1.165, 1.54) is 10.6 Å². The Hall–Kier alpha value is -1.80. The van der Waals surface area contributed by atoms with Crippen LogP contribution in [0.15, 0.2) is 18.2 Å². The number of nitrogens with one attached hydrogen (secondary N) is 1. The third-order valence-corrected chi connectivity index (χ3v) is 6.08. The number of amides is 1. The summed E-state index contributed by atoms with van der Waals surface area (Å²) in [5.41, 5.74) is 0.517. The third-order valence-electron chi connectivity index (χ3n) is 4.78. The molecule has 1 aromatic carbocycles. The second-order valence-corrected chi connectivity index (χ2v) is 8.87. The minimum absolute atomic E-state index is 0.168. The lowest BCUT2D eigenvalue weighted by molar-refractivity contribution is 0.0941. The highest BCUT2D eigenvalue weighted by Gasteiger charge is 2.25. The van der Waals surface area contributed by atoms with Crippen molar-refractivity contribution < 1.29 is 22.7 Å². The van der Waals surface area contributed by atoms with Crippen LogP contribution in [0.5, 0.6) is 11.5 Å². The van der Waals surface area contributed by atoms with Gasteiger partial charge in [-0.25, -0.2) is 12.7 Å². The van der Waals surface area contributed by atoms with Crippen LogP contribution in [0.25, 0.3) is 0 Å². The van der Waals surface area contributed by atoms with Gasteiger partial charge in [-0.1, -0.05) is 13.3 Å². The SMILES string of the molecule is CCCCOc1ccc(C(=O)NCC2CCN(S(C)(=O)=O)CC2)cc1OC. The maximum absolute atomic E-state index is 12.4. The van der Waals surface area contributed by atoms with E-state index in [-0.39, 0.29) is 11.8 Å². The van der Waals surface area contributed by atoms with Crippen LogP contribution in [-0.4, -0.2) is 58.2 Å². The van der Waals surface area contributed by atoms with Crippen molar-refractivity contribution in [2.24, 2.45) is 5.92 Å². The van der Waals surface area contributed by atoms with Crippen molar-refractivity contribution in [1.29, 1.82) is 0 Å². The highest BCUT2D eigenvalue weighted by molar-refractivity contribution is 7.88. The summed E-state index contributed by atoms with van der Waals surface area (Å²) < 4.78 is 35.6. The first-order chi connectivity index (χ1) is 12.8. The van der Waals surface area contributed by atoms with Gasteiger partial charge in [-0.05, 0) is 43.4 Å². The number of unbranched alkanes of at least 4 members (excludes halogenated alkanes) is 1. The van der Waals surface area contributed by atoms with E-state index in [1.807, 2.05) is 0 Å². The average molecular weight is 399 g/mol. The van der Waals surface area contributed by atoms with Gasteiger partial charge >= 0.3 is 0 Å². The number of ether oxygens (including phenoxy) is 2. The molecule has 1 saturated heterocycles. The monoisotopic (exact) mass is 398 g/mol. The van der Waals surface area contributed by atoms with Crippen LogP contribution >= 0.6 is 0 Å². The van der Waals surface area contributed by atoms with E-state index in [9.17, 15) is 13.2 Å². The summed E-state index contributed by atoms with van der Waals surface area (Å²) in [7, 11) is -1.57. The lowest BCUT2D eigenvalue weighted by Gasteiger charge is -2.30. The molecule has 1 N–H and O–H groups in total. The number of hydrogen-bond donors (Lipinski definition) is 1. The summed E-state index contributed by atoms with van der Waals surface area (Å²) in [5, 5.41) is 2.94. The topological polar surface area (TPSA) is 84.9 Å². The first-order valence-electron chi connectivity index (χ1n) is 9.39. The molecule has 27 heavy (non-hydrogen) atoms. The molecule has 1 aromatic rings. The Morgan fingerprint density at radius 2 is 1.96 bits per heavy atom. The smallest absolute Gasteiger partial charge is 0.251 e. The molecule has 152 valence electrons. The number of nitrogens with zero attached hydrogens (tertiary/aromatic N) is 1. The standard InChI is InChI=1S/C19H30N2O5S/c1-4-5-12-26-17-7-6-16(13-18(17)25-2)19(22)20-14-15-8-10-21(11-9-15)27(3,23)24/h6-7,13,15H,4-5,8-12,14H2,1-3H3,(H,20,22). The van der Waals surface area contributed by atoms with Gasteiger partial charge in [0.15, 0.2) is 11.5 Å². The number of benzene rings is 1. The van der Waals surface area contributed by atoms with Crippen LogP contribution in [0.4, 0.5) is 0 Å². The van der Waals surface area contributed by atoms with E-state index in [0.29, 0.717) is 43.3 Å². The molecule has 1 amide bonds. The van der Waals surface area contributed by atoms with Crippen LogP contribution in [0.3, 0.4) is 0 Å². The summed E-state index contributed by atoms with van der Waals surface area (Å²) in [4.78, 5) is 12.4. The average Bonchev–Trinajstić information content (AvgIpc) is 2.66. The van der Waals surface area contributed by atoms with Crippen molar-refractivity contribution in [3.8, 4) is 11.5 Å². The number of piperidine rings is 1. The Kier molecular flexibility index (Phi) is 7.91. The molecule has 7 nitrogen and oxygen atoms in total. The molecule has 0 aliphatic carbocycles. The number of methoxy groups -OCH3 is 1. The van der Waals surface area contributed by atoms with Gasteiger partial charge in [0.1, 0.15) is 0 Å². The molecule has 0 atom stereocenters. The second-order valence-electron chi connectivity index (χ2n) is 6.88. The predicted octanol–water partition coefficient (Wildman–Crippen LogP) is 2.28. The predicted molar refractivity (Wildman–Crippen MR) is 105 cm³/mol. The summed E-state index contributed by atoms with van der Waals surface area (Å²) in [5.74, 6) is 1.29. The highest BCUT2D eigenvalue weighted by Crippen LogP contribution is 2.28. The summed E-state index contributed by atoms with van der Waals surface area (Å²) in [6, 6.07) is 5.17. The molecule has 8 heteroatoms. The van der Waals surface area contributed by atoms with Crippen molar-refractivity contribution in [2.75, 3.05) is 39.6 Å². The van der Waals surface area contributed by atoms with Gasteiger partial charge in [0, 0.05) is 25.2 Å². The fraction of sp³-hybridized carbons (Fsp3) is 0.632. The molecule has 1 fully saturated rings. The zero-order valence-corrected chi connectivity index (χ0v) is 17.2. The van der Waals surface area contributed by atoms with Crippen molar-refractivity contribution in [1.82, 2.24) is 9.62 Å². The van der Waals surface area contributed by atoms with E-state index >= 15 is 0 Å². The lowest BCUT2D eigenvalue weighted by Crippen LogP contribution is -2.41. The van der Waals surface area contributed by atoms with Crippen molar-refractivity contribution in [3.05, 3.63) is 23.8 Å². The van der Waals surface area contributed by atoms with Crippen LogP contribution in [0.2, 0.25) is 0 Å². The first-order valence-corrected chi connectivity index (χ1v) is 11.2. The van der Waals surface area contributed by atoms with Gasteiger partial charge in [0.2, 0.25) is 10.0 Å². The van der Waals surface area contributed by atoms with Gasteiger partial charge in [0.05, 0.1) is 20.0 Å². The van der Waals surface area contributed by atoms with Gasteiger partial charge in [-0.3, -0.25) is 4.79 Å². The zero-order valence-electron chi connectivity index (χ0n) is 16.4. The summed E-state index contributed by atoms with van der Waals surface area (Å²) in [6.07, 6.45) is 4.75. The molecule has 1 heterocycles. The molecule has 0 saturated carbocycles. The Morgan fingerprint density at radius 1 is 1.26 bits per heavy atom. The number of carbonyl (C=O) groups is 1. The molecule has 0 spiro atoms. The minimum Gasteiger partial charge on any atom is -0.493 e. The van der Waals surface area contributed by atoms with Gasteiger partial charge in [-0.15, -0.1) is 0 Å². The van der Waals surface area contributed by atoms with Gasteiger partial charge < -0.3 is 14.8 Å². The van der Waals surface area contributed by atoms with E-state index in [0.717, 1.165) is 25.7 Å². The maximum atomic E-state index is 12.4. The molecule has 2 rings (SSSR count). The number of sulfonamides is 1.